The number of phosphoric ester groups is 1. The van der Waals surface area contributed by atoms with E-state index in [0.29, 0.717) is 0 Å². The summed E-state index contributed by atoms with van der Waals surface area (Å²) in [5.74, 6) is 0. The van der Waals surface area contributed by atoms with Crippen molar-refractivity contribution in [2.45, 2.75) is 110 Å². The predicted octanol–water partition coefficient (Wildman–Crippen LogP) is 5.17. The topological polar surface area (TPSA) is 66.8 Å². The molecule has 0 aromatic heterocycles. The summed E-state index contributed by atoms with van der Waals surface area (Å²) in [7, 11) is -4.26. The molecular formula is C18H42InO4P. The summed E-state index contributed by atoms with van der Waals surface area (Å²) in [5, 5.41) is 0. The Balaban J connectivity index is 0. The molecule has 0 aliphatic carbocycles. The van der Waals surface area contributed by atoms with Crippen molar-refractivity contribution < 1.29 is 18.9 Å². The van der Waals surface area contributed by atoms with Gasteiger partial charge in [-0.2, -0.15) is 0 Å². The maximum atomic E-state index is 10.5. The molecule has 0 bridgehead atoms. The van der Waals surface area contributed by atoms with Gasteiger partial charge in [-0.05, 0) is 6.42 Å². The molecule has 0 atom stereocenters. The molecule has 146 valence electrons. The van der Waals surface area contributed by atoms with Gasteiger partial charge in [0.1, 0.15) is 0 Å². The molecule has 0 saturated heterocycles. The first-order valence-corrected chi connectivity index (χ1v) is 11.3. The third-order valence-electron chi connectivity index (χ3n) is 4.26. The first kappa shape index (κ1) is 27.2. The third kappa shape index (κ3) is 25.2. The Bertz CT molecular complexity index is 284. The van der Waals surface area contributed by atoms with Crippen LogP contribution in [0.1, 0.15) is 110 Å². The molecule has 0 unspecified atom stereocenters. The van der Waals surface area contributed by atoms with E-state index in [2.05, 4.69) is 11.4 Å². The first-order valence-electron chi connectivity index (χ1n) is 9.76. The van der Waals surface area contributed by atoms with Crippen LogP contribution in [0.4, 0.5) is 0 Å². The molecule has 2 N–H and O–H groups in total. The van der Waals surface area contributed by atoms with E-state index < -0.39 is 7.82 Å². The Morgan fingerprint density at radius 1 is 0.625 bits per heavy atom. The van der Waals surface area contributed by atoms with Crippen LogP contribution in [-0.2, 0) is 9.09 Å². The molecule has 0 radical (unpaired) electrons. The molecule has 0 amide bonds. The summed E-state index contributed by atoms with van der Waals surface area (Å²) >= 11 is 0. The minimum atomic E-state index is -4.26. The van der Waals surface area contributed by atoms with Gasteiger partial charge in [-0.25, -0.2) is 4.57 Å². The molecule has 0 aromatic carbocycles. The van der Waals surface area contributed by atoms with Crippen LogP contribution in [0.2, 0.25) is 0 Å². The van der Waals surface area contributed by atoms with Crippen LogP contribution >= 0.6 is 7.82 Å². The fraction of sp³-hybridized carbons (Fsp3) is 1.00. The van der Waals surface area contributed by atoms with E-state index in [4.69, 9.17) is 9.79 Å². The normalized spacial score (nSPS) is 11.5. The average Bonchev–Trinajstić information content (AvgIpc) is 2.49. The molecule has 0 rings (SSSR count). The van der Waals surface area contributed by atoms with Gasteiger partial charge in [0.25, 0.3) is 0 Å². The zero-order chi connectivity index (χ0) is 17.2. The summed E-state index contributed by atoms with van der Waals surface area (Å²) in [6.07, 6.45) is 20.7. The van der Waals surface area contributed by atoms with Gasteiger partial charge in [-0.15, -0.1) is 0 Å². The molecule has 0 fully saturated rings. The number of phosphoric acid groups is 1. The van der Waals surface area contributed by atoms with Crippen molar-refractivity contribution in [3.63, 3.8) is 0 Å². The fourth-order valence-corrected chi connectivity index (χ4v) is 3.20. The van der Waals surface area contributed by atoms with Gasteiger partial charge < -0.3 is 9.79 Å². The van der Waals surface area contributed by atoms with E-state index in [0.717, 1.165) is 19.3 Å². The van der Waals surface area contributed by atoms with Crippen molar-refractivity contribution in [3.05, 3.63) is 0 Å². The molecule has 4 nitrogen and oxygen atoms in total. The van der Waals surface area contributed by atoms with Gasteiger partial charge >= 0.3 is 33.7 Å². The number of hydrogen-bond donors (Lipinski definition) is 2. The molecule has 0 spiro atoms. The maximum absolute atomic E-state index is 10.5. The minimum absolute atomic E-state index is 0. The standard InChI is InChI=1S/C18H39O4P.In.3H/c1-2-3-4-5-6-7-8-9-10-11-12-13-14-15-16-17-18-22-23(19,20)21;;;;/h2-18H2,1H3,(H2,19,20,21);;;;. The van der Waals surface area contributed by atoms with Crippen molar-refractivity contribution in [1.29, 1.82) is 0 Å². The zero-order valence-electron chi connectivity index (χ0n) is 15.2. The van der Waals surface area contributed by atoms with Crippen LogP contribution in [0.15, 0.2) is 0 Å². The van der Waals surface area contributed by atoms with Crippen molar-refractivity contribution in [1.82, 2.24) is 0 Å². The van der Waals surface area contributed by atoms with E-state index in [1.165, 1.54) is 83.5 Å². The van der Waals surface area contributed by atoms with Gasteiger partial charge in [-0.1, -0.05) is 103 Å². The summed E-state index contributed by atoms with van der Waals surface area (Å²) < 4.78 is 14.9. The van der Waals surface area contributed by atoms with E-state index in [9.17, 15) is 4.57 Å². The first-order chi connectivity index (χ1) is 11.1. The van der Waals surface area contributed by atoms with E-state index in [1.807, 2.05) is 0 Å². The third-order valence-corrected chi connectivity index (χ3v) is 4.78. The predicted molar refractivity (Wildman–Crippen MR) is 107 cm³/mol. The second-order valence-electron chi connectivity index (χ2n) is 6.63. The van der Waals surface area contributed by atoms with Gasteiger partial charge in [-0.3, -0.25) is 4.52 Å². The Kier molecular flexibility index (Phi) is 23.0. The summed E-state index contributed by atoms with van der Waals surface area (Å²) in [6, 6.07) is 0. The van der Waals surface area contributed by atoms with E-state index in [1.54, 1.807) is 0 Å². The monoisotopic (exact) mass is 468 g/mol. The quantitative estimate of drug-likeness (QED) is 0.215. The van der Waals surface area contributed by atoms with Crippen LogP contribution in [0.3, 0.4) is 0 Å². The van der Waals surface area contributed by atoms with Gasteiger partial charge in [0.2, 0.25) is 0 Å². The molecule has 24 heavy (non-hydrogen) atoms. The second kappa shape index (κ2) is 20.3. The fourth-order valence-electron chi connectivity index (χ4n) is 2.83. The Hall–Kier alpha value is 0.980. The van der Waals surface area contributed by atoms with Gasteiger partial charge in [0, 0.05) is 0 Å². The van der Waals surface area contributed by atoms with Crippen molar-refractivity contribution in [3.8, 4) is 0 Å². The summed E-state index contributed by atoms with van der Waals surface area (Å²) in [6.45, 7) is 2.43. The number of unbranched alkanes of at least 4 members (excludes halogenated alkanes) is 15. The Morgan fingerprint density at radius 3 is 1.21 bits per heavy atom. The van der Waals surface area contributed by atoms with Gasteiger partial charge in [0.05, 0.1) is 6.61 Å². The Morgan fingerprint density at radius 2 is 0.917 bits per heavy atom. The molecule has 0 aromatic rings. The Labute approximate surface area is 168 Å². The molecule has 0 aliphatic rings. The van der Waals surface area contributed by atoms with Crippen LogP contribution in [0, 0.1) is 0 Å². The second-order valence-corrected chi connectivity index (χ2v) is 7.87. The van der Waals surface area contributed by atoms with Crippen LogP contribution in [0.5, 0.6) is 0 Å². The molecular weight excluding hydrogens is 426 g/mol. The van der Waals surface area contributed by atoms with Crippen LogP contribution in [-0.4, -0.2) is 42.2 Å². The van der Waals surface area contributed by atoms with Crippen LogP contribution in [0.25, 0.3) is 0 Å². The molecule has 0 aliphatic heterocycles. The number of hydrogen-bond acceptors (Lipinski definition) is 2. The van der Waals surface area contributed by atoms with Crippen LogP contribution < -0.4 is 0 Å². The molecule has 0 saturated carbocycles. The SMILES string of the molecule is CCCCCCCCCCCCCCCCCCOP(=O)(O)O.[InH3]. The summed E-state index contributed by atoms with van der Waals surface area (Å²) in [5.41, 5.74) is 0. The van der Waals surface area contributed by atoms with Gasteiger partial charge in [0.15, 0.2) is 0 Å². The van der Waals surface area contributed by atoms with Crippen molar-refractivity contribution in [2.24, 2.45) is 0 Å². The number of rotatable bonds is 18. The van der Waals surface area contributed by atoms with Crippen molar-refractivity contribution >= 4 is 33.7 Å². The zero-order valence-corrected chi connectivity index (χ0v) is 16.1. The van der Waals surface area contributed by atoms with E-state index in [-0.39, 0.29) is 32.5 Å². The summed E-state index contributed by atoms with van der Waals surface area (Å²) in [4.78, 5) is 17.1. The van der Waals surface area contributed by atoms with E-state index >= 15 is 0 Å². The molecule has 6 heteroatoms. The molecule has 0 heterocycles. The van der Waals surface area contributed by atoms with Crippen molar-refractivity contribution in [2.75, 3.05) is 6.61 Å². The average molecular weight is 468 g/mol.